The summed E-state index contributed by atoms with van der Waals surface area (Å²) in [5.74, 6) is -1.24. The molecule has 0 bridgehead atoms. The number of benzene rings is 1. The number of amides is 3. The van der Waals surface area contributed by atoms with Crippen molar-refractivity contribution in [3.05, 3.63) is 34.5 Å². The van der Waals surface area contributed by atoms with Gasteiger partial charge in [-0.05, 0) is 30.9 Å². The number of carbonyl (C=O) groups is 5. The van der Waals surface area contributed by atoms with Gasteiger partial charge in [0.15, 0.2) is 12.9 Å². The minimum Gasteiger partial charge on any atom is -0.784 e. The van der Waals surface area contributed by atoms with Crippen molar-refractivity contribution in [2.45, 2.75) is 45.2 Å². The standard InChI is InChI=1S/C21H29N4O7/c1-15(28)23-9-2-3-10-24-20(29)14-32-19-8-4-6-16(17(19)13-27)12-25(31)18(21(22)30)7-5-11-26/h4,6,8,11,13,18H,2-3,5,7,9-10,12,14H2,1H3,(H2,22,30)(H,23,28)(H,24,29)/q-1. The molecule has 0 saturated carbocycles. The molecule has 11 nitrogen and oxygen atoms in total. The summed E-state index contributed by atoms with van der Waals surface area (Å²) in [5.41, 5.74) is 5.61. The normalized spacial score (nSPS) is 11.5. The maximum absolute atomic E-state index is 12.4. The van der Waals surface area contributed by atoms with Crippen LogP contribution in [0.2, 0.25) is 0 Å². The molecule has 1 aromatic carbocycles. The molecule has 3 amide bonds. The van der Waals surface area contributed by atoms with E-state index in [0.29, 0.717) is 49.1 Å². The molecule has 1 unspecified atom stereocenters. The molecule has 0 saturated heterocycles. The Kier molecular flexibility index (Phi) is 12.2. The summed E-state index contributed by atoms with van der Waals surface area (Å²) in [7, 11) is 0. The van der Waals surface area contributed by atoms with Crippen molar-refractivity contribution in [2.24, 2.45) is 5.73 Å². The van der Waals surface area contributed by atoms with E-state index in [-0.39, 0.29) is 49.1 Å². The van der Waals surface area contributed by atoms with Crippen LogP contribution in [0.1, 0.15) is 48.5 Å². The lowest BCUT2D eigenvalue weighted by molar-refractivity contribution is -0.123. The minimum absolute atomic E-state index is 0.00160. The second-order valence-corrected chi connectivity index (χ2v) is 7.01. The van der Waals surface area contributed by atoms with E-state index < -0.39 is 11.9 Å². The van der Waals surface area contributed by atoms with Crippen LogP contribution in [0.5, 0.6) is 5.75 Å². The molecule has 1 aromatic rings. The highest BCUT2D eigenvalue weighted by molar-refractivity contribution is 5.83. The van der Waals surface area contributed by atoms with E-state index in [4.69, 9.17) is 10.5 Å². The number of ether oxygens (including phenoxy) is 1. The van der Waals surface area contributed by atoms with Gasteiger partial charge in [0.25, 0.3) is 5.91 Å². The monoisotopic (exact) mass is 449 g/mol. The first-order valence-electron chi connectivity index (χ1n) is 10.2. The molecule has 0 fully saturated rings. The van der Waals surface area contributed by atoms with Crippen molar-refractivity contribution in [3.8, 4) is 5.75 Å². The average Bonchev–Trinajstić information content (AvgIpc) is 2.74. The quantitative estimate of drug-likeness (QED) is 0.180. The molecule has 1 atom stereocenters. The molecule has 0 radical (unpaired) electrons. The van der Waals surface area contributed by atoms with Crippen LogP contribution in [0, 0.1) is 5.21 Å². The molecule has 0 spiro atoms. The van der Waals surface area contributed by atoms with E-state index >= 15 is 0 Å². The Morgan fingerprint density at radius 3 is 2.47 bits per heavy atom. The third kappa shape index (κ3) is 9.67. The van der Waals surface area contributed by atoms with Gasteiger partial charge in [0.05, 0.1) is 11.6 Å². The molecule has 4 N–H and O–H groups in total. The fourth-order valence-electron chi connectivity index (χ4n) is 2.86. The van der Waals surface area contributed by atoms with E-state index in [2.05, 4.69) is 10.6 Å². The molecular formula is C21H29N4O7-. The molecule has 1 rings (SSSR count). The second kappa shape index (κ2) is 14.7. The largest absolute Gasteiger partial charge is 0.784 e. The molecular weight excluding hydrogens is 420 g/mol. The summed E-state index contributed by atoms with van der Waals surface area (Å²) in [6, 6.07) is 3.35. The molecule has 0 aliphatic carbocycles. The summed E-state index contributed by atoms with van der Waals surface area (Å²) < 4.78 is 5.44. The highest BCUT2D eigenvalue weighted by atomic mass is 16.5. The molecule has 176 valence electrons. The number of nitrogens with two attached hydrogens (primary N) is 1. The first-order valence-corrected chi connectivity index (χ1v) is 10.2. The van der Waals surface area contributed by atoms with Crippen LogP contribution in [0.3, 0.4) is 0 Å². The van der Waals surface area contributed by atoms with Crippen molar-refractivity contribution < 1.29 is 28.7 Å². The number of nitrogens with zero attached hydrogens (tertiary/aromatic N) is 1. The Bertz CT molecular complexity index is 800. The predicted octanol–water partition coefficient (Wildman–Crippen LogP) is 0.0432. The molecule has 0 aromatic heterocycles. The van der Waals surface area contributed by atoms with Gasteiger partial charge in [-0.2, -0.15) is 0 Å². The summed E-state index contributed by atoms with van der Waals surface area (Å²) in [6.07, 6.45) is 2.44. The highest BCUT2D eigenvalue weighted by Gasteiger charge is 2.19. The number of nitrogens with one attached hydrogen (secondary N) is 2. The number of primary amides is 1. The van der Waals surface area contributed by atoms with Gasteiger partial charge in [-0.1, -0.05) is 12.1 Å². The average molecular weight is 449 g/mol. The fraction of sp³-hybridized carbons (Fsp3) is 0.476. The van der Waals surface area contributed by atoms with Crippen LogP contribution in [0.25, 0.3) is 0 Å². The number of carbonyl (C=O) groups excluding carboxylic acids is 5. The summed E-state index contributed by atoms with van der Waals surface area (Å²) in [6.45, 7) is 1.71. The first-order chi connectivity index (χ1) is 15.3. The van der Waals surface area contributed by atoms with Crippen LogP contribution in [-0.4, -0.2) is 61.1 Å². The van der Waals surface area contributed by atoms with Gasteiger partial charge in [0.2, 0.25) is 11.8 Å². The molecule has 11 heteroatoms. The maximum Gasteiger partial charge on any atom is 0.257 e. The van der Waals surface area contributed by atoms with Gasteiger partial charge in [0.1, 0.15) is 12.0 Å². The van der Waals surface area contributed by atoms with Crippen molar-refractivity contribution in [1.82, 2.24) is 15.7 Å². The maximum atomic E-state index is 12.4. The van der Waals surface area contributed by atoms with Crippen LogP contribution in [0.4, 0.5) is 0 Å². The predicted molar refractivity (Wildman–Crippen MR) is 115 cm³/mol. The summed E-state index contributed by atoms with van der Waals surface area (Å²) in [4.78, 5) is 56.4. The topological polar surface area (TPSA) is 171 Å². The zero-order valence-corrected chi connectivity index (χ0v) is 18.0. The third-order valence-corrected chi connectivity index (χ3v) is 4.49. The van der Waals surface area contributed by atoms with E-state index in [9.17, 15) is 29.2 Å². The molecule has 0 aliphatic rings. The van der Waals surface area contributed by atoms with E-state index in [0.717, 1.165) is 0 Å². The van der Waals surface area contributed by atoms with Gasteiger partial charge >= 0.3 is 0 Å². The van der Waals surface area contributed by atoms with Crippen LogP contribution in [-0.2, 0) is 25.7 Å². The smallest absolute Gasteiger partial charge is 0.257 e. The van der Waals surface area contributed by atoms with Gasteiger partial charge in [-0.15, -0.1) is 0 Å². The second-order valence-electron chi connectivity index (χ2n) is 7.01. The molecule has 0 heterocycles. The first kappa shape index (κ1) is 26.7. The lowest BCUT2D eigenvalue weighted by atomic mass is 10.1. The number of hydrogen-bond donors (Lipinski definition) is 3. The Balaban J connectivity index is 2.64. The number of rotatable bonds is 16. The van der Waals surface area contributed by atoms with E-state index in [1.807, 2.05) is 0 Å². The Hall–Kier alpha value is -3.31. The third-order valence-electron chi connectivity index (χ3n) is 4.49. The number of unbranched alkanes of at least 4 members (excludes halogenated alkanes) is 1. The zero-order chi connectivity index (χ0) is 23.9. The van der Waals surface area contributed by atoms with Crippen molar-refractivity contribution >= 4 is 30.3 Å². The summed E-state index contributed by atoms with van der Waals surface area (Å²) in [5, 5.41) is 18.1. The lowest BCUT2D eigenvalue weighted by Crippen LogP contribution is -2.41. The molecule has 0 aliphatic heterocycles. The van der Waals surface area contributed by atoms with Gasteiger partial charge < -0.3 is 36.2 Å². The SMILES string of the molecule is CC(=O)NCCCCNC(=O)COc1cccc(CN([O-])C(CCC=O)C(N)=O)c1C=O. The van der Waals surface area contributed by atoms with Crippen LogP contribution >= 0.6 is 0 Å². The lowest BCUT2D eigenvalue weighted by Gasteiger charge is -2.35. The molecule has 32 heavy (non-hydrogen) atoms. The Morgan fingerprint density at radius 1 is 1.19 bits per heavy atom. The Morgan fingerprint density at radius 2 is 1.88 bits per heavy atom. The van der Waals surface area contributed by atoms with Crippen LogP contribution in [0.15, 0.2) is 18.2 Å². The fourth-order valence-corrected chi connectivity index (χ4v) is 2.86. The Labute approximate surface area is 186 Å². The number of aldehydes is 2. The highest BCUT2D eigenvalue weighted by Crippen LogP contribution is 2.23. The van der Waals surface area contributed by atoms with E-state index in [1.54, 1.807) is 6.07 Å². The van der Waals surface area contributed by atoms with Crippen molar-refractivity contribution in [1.29, 1.82) is 0 Å². The van der Waals surface area contributed by atoms with Crippen molar-refractivity contribution in [3.63, 3.8) is 0 Å². The number of hydroxylamine groups is 2. The zero-order valence-electron chi connectivity index (χ0n) is 18.0. The summed E-state index contributed by atoms with van der Waals surface area (Å²) >= 11 is 0. The van der Waals surface area contributed by atoms with Gasteiger partial charge in [-0.3, -0.25) is 19.2 Å². The van der Waals surface area contributed by atoms with E-state index in [1.165, 1.54) is 19.1 Å². The van der Waals surface area contributed by atoms with Crippen LogP contribution < -0.4 is 21.1 Å². The van der Waals surface area contributed by atoms with Gasteiger partial charge in [-0.25, -0.2) is 0 Å². The van der Waals surface area contributed by atoms with Gasteiger partial charge in [0, 0.05) is 33.0 Å². The number of hydrogen-bond acceptors (Lipinski definition) is 8. The van der Waals surface area contributed by atoms with Crippen molar-refractivity contribution in [2.75, 3.05) is 19.7 Å². The minimum atomic E-state index is -1.21.